The molecule has 31 heavy (non-hydrogen) atoms. The number of fused-ring (bicyclic) bond motifs is 4. The van der Waals surface area contributed by atoms with Crippen molar-refractivity contribution in [3.05, 3.63) is 35.5 Å². The second-order valence-corrected chi connectivity index (χ2v) is 10.2. The Bertz CT molecular complexity index is 1030. The van der Waals surface area contributed by atoms with Crippen LogP contribution in [-0.4, -0.2) is 63.9 Å². The lowest BCUT2D eigenvalue weighted by Gasteiger charge is -2.62. The number of carbonyl (C=O) groups excluding carboxylic acids is 2. The molecule has 2 aliphatic rings. The number of likely N-dealkylation sites (tertiary alicyclic amines) is 1. The summed E-state index contributed by atoms with van der Waals surface area (Å²) < 4.78 is 5.60. The first-order valence-corrected chi connectivity index (χ1v) is 10.7. The Morgan fingerprint density at radius 3 is 2.52 bits per heavy atom. The number of ether oxygens (including phenoxy) is 1. The van der Waals surface area contributed by atoms with Crippen molar-refractivity contribution in [2.24, 2.45) is 0 Å². The largest absolute Gasteiger partial charge is 0.444 e. The number of rotatable bonds is 2. The first-order valence-electron chi connectivity index (χ1n) is 10.7. The molecular weight excluding hydrogens is 396 g/mol. The predicted octanol–water partition coefficient (Wildman–Crippen LogP) is 2.01. The van der Waals surface area contributed by atoms with E-state index in [0.717, 1.165) is 22.2 Å². The molecule has 0 aliphatic carbocycles. The van der Waals surface area contributed by atoms with Gasteiger partial charge in [-0.05, 0) is 52.7 Å². The molecule has 1 aromatic carbocycles. The Kier molecular flexibility index (Phi) is 4.86. The molecule has 1 aromatic heterocycles. The van der Waals surface area contributed by atoms with Gasteiger partial charge in [-0.1, -0.05) is 18.2 Å². The summed E-state index contributed by atoms with van der Waals surface area (Å²) in [5.74, 6) is -0.125. The van der Waals surface area contributed by atoms with E-state index >= 15 is 0 Å². The van der Waals surface area contributed by atoms with E-state index in [2.05, 4.69) is 15.6 Å². The van der Waals surface area contributed by atoms with Crippen molar-refractivity contribution in [2.75, 3.05) is 13.6 Å². The van der Waals surface area contributed by atoms with Gasteiger partial charge in [0.25, 0.3) is 0 Å². The van der Waals surface area contributed by atoms with Crippen molar-refractivity contribution in [1.29, 1.82) is 0 Å². The predicted molar refractivity (Wildman–Crippen MR) is 118 cm³/mol. The molecule has 4 N–H and O–H groups in total. The monoisotopic (exact) mass is 428 g/mol. The molecule has 8 heteroatoms. The Labute approximate surface area is 182 Å². The third-order valence-corrected chi connectivity index (χ3v) is 6.16. The van der Waals surface area contributed by atoms with Crippen LogP contribution in [0.15, 0.2) is 24.3 Å². The number of aromatic nitrogens is 1. The van der Waals surface area contributed by atoms with Crippen LogP contribution >= 0.6 is 0 Å². The minimum atomic E-state index is -1.25. The maximum atomic E-state index is 13.0. The lowest BCUT2D eigenvalue weighted by molar-refractivity contribution is -0.147. The third-order valence-electron chi connectivity index (χ3n) is 6.16. The van der Waals surface area contributed by atoms with Crippen molar-refractivity contribution in [3.8, 4) is 0 Å². The Hall–Kier alpha value is -2.58. The number of nitrogens with one attached hydrogen (secondary N) is 3. The molecule has 168 valence electrons. The Balaban J connectivity index is 1.84. The third kappa shape index (κ3) is 3.47. The second-order valence-electron chi connectivity index (χ2n) is 10.2. The fourth-order valence-electron chi connectivity index (χ4n) is 5.18. The van der Waals surface area contributed by atoms with Crippen LogP contribution in [0.3, 0.4) is 0 Å². The van der Waals surface area contributed by atoms with Crippen LogP contribution in [0.1, 0.15) is 45.9 Å². The number of aromatic amines is 1. The number of carbonyl (C=O) groups is 2. The Morgan fingerprint density at radius 1 is 1.23 bits per heavy atom. The zero-order valence-corrected chi connectivity index (χ0v) is 19.0. The van der Waals surface area contributed by atoms with E-state index in [9.17, 15) is 14.7 Å². The number of H-pyrrole nitrogens is 1. The van der Waals surface area contributed by atoms with Crippen LogP contribution in [-0.2, 0) is 21.5 Å². The summed E-state index contributed by atoms with van der Waals surface area (Å²) in [6, 6.07) is 6.85. The van der Waals surface area contributed by atoms with Crippen LogP contribution < -0.4 is 10.6 Å². The SMILES string of the molecule is CNC(=O)[C@@H]1Cc2c([nH]c3ccccc23)[C@@]2(CN(C(=O)OC(C)(C)C)[C@H]2C(C)(C)O)N1. The minimum Gasteiger partial charge on any atom is -0.444 e. The minimum absolute atomic E-state index is 0.125. The van der Waals surface area contributed by atoms with E-state index in [4.69, 9.17) is 4.74 Å². The molecule has 1 spiro atoms. The lowest BCUT2D eigenvalue weighted by Crippen LogP contribution is -2.82. The summed E-state index contributed by atoms with van der Waals surface area (Å²) in [6.07, 6.45) is 0.0398. The number of hydrogen-bond donors (Lipinski definition) is 4. The van der Waals surface area contributed by atoms with Gasteiger partial charge in [-0.15, -0.1) is 0 Å². The van der Waals surface area contributed by atoms with Crippen LogP contribution in [0, 0.1) is 0 Å². The first-order chi connectivity index (χ1) is 14.4. The maximum absolute atomic E-state index is 13.0. The van der Waals surface area contributed by atoms with E-state index in [1.807, 2.05) is 45.0 Å². The topological polar surface area (TPSA) is 107 Å². The smallest absolute Gasteiger partial charge is 0.410 e. The molecule has 2 aromatic rings. The van der Waals surface area contributed by atoms with Crippen LogP contribution in [0.5, 0.6) is 0 Å². The highest BCUT2D eigenvalue weighted by Gasteiger charge is 2.65. The van der Waals surface area contributed by atoms with Gasteiger partial charge in [0.1, 0.15) is 11.1 Å². The van der Waals surface area contributed by atoms with Gasteiger partial charge in [0.05, 0.1) is 24.2 Å². The van der Waals surface area contributed by atoms with E-state index in [1.165, 1.54) is 0 Å². The normalized spacial score (nSPS) is 25.8. The molecule has 8 nitrogen and oxygen atoms in total. The van der Waals surface area contributed by atoms with Crippen LogP contribution in [0.2, 0.25) is 0 Å². The molecule has 1 fully saturated rings. The fraction of sp³-hybridized carbons (Fsp3) is 0.565. The number of para-hydroxylation sites is 1. The summed E-state index contributed by atoms with van der Waals surface area (Å²) >= 11 is 0. The zero-order valence-electron chi connectivity index (χ0n) is 19.0. The average molecular weight is 429 g/mol. The molecule has 0 saturated carbocycles. The average Bonchev–Trinajstić information content (AvgIpc) is 3.01. The summed E-state index contributed by atoms with van der Waals surface area (Å²) in [6.45, 7) is 9.10. The number of aliphatic hydroxyl groups is 1. The van der Waals surface area contributed by atoms with E-state index in [0.29, 0.717) is 6.42 Å². The number of likely N-dealkylation sites (N-methyl/N-ethyl adjacent to an activating group) is 1. The molecule has 0 unspecified atom stereocenters. The molecule has 1 saturated heterocycles. The zero-order chi connectivity index (χ0) is 22.8. The maximum Gasteiger partial charge on any atom is 0.410 e. The van der Waals surface area contributed by atoms with Gasteiger partial charge in [0.15, 0.2) is 0 Å². The highest BCUT2D eigenvalue weighted by Crippen LogP contribution is 2.49. The standard InChI is InChI=1S/C23H32N4O4/c1-21(2,3)31-20(29)27-12-23(19(27)22(4,5)30)17-14(11-16(26-23)18(28)24-6)13-9-7-8-10-15(13)25-17/h7-10,16,19,25-26,30H,11-12H2,1-6H3,(H,24,28)/t16-,19-,23+/m0/s1. The van der Waals surface area contributed by atoms with Gasteiger partial charge in [-0.2, -0.15) is 0 Å². The van der Waals surface area contributed by atoms with Crippen molar-refractivity contribution in [2.45, 2.75) is 69.9 Å². The van der Waals surface area contributed by atoms with Gasteiger partial charge < -0.3 is 20.1 Å². The summed E-state index contributed by atoms with van der Waals surface area (Å²) in [7, 11) is 1.61. The first kappa shape index (κ1) is 21.6. The van der Waals surface area contributed by atoms with E-state index in [-0.39, 0.29) is 12.5 Å². The van der Waals surface area contributed by atoms with Crippen molar-refractivity contribution in [1.82, 2.24) is 20.5 Å². The van der Waals surface area contributed by atoms with Gasteiger partial charge in [-0.3, -0.25) is 15.0 Å². The van der Waals surface area contributed by atoms with Gasteiger partial charge in [0.2, 0.25) is 5.91 Å². The quantitative estimate of drug-likeness (QED) is 0.586. The molecule has 4 rings (SSSR count). The number of amides is 2. The van der Waals surface area contributed by atoms with Crippen molar-refractivity contribution < 1.29 is 19.4 Å². The van der Waals surface area contributed by atoms with Crippen LogP contribution in [0.25, 0.3) is 10.9 Å². The van der Waals surface area contributed by atoms with Crippen molar-refractivity contribution in [3.63, 3.8) is 0 Å². The molecular formula is C23H32N4O4. The molecule has 2 amide bonds. The van der Waals surface area contributed by atoms with Gasteiger partial charge >= 0.3 is 6.09 Å². The van der Waals surface area contributed by atoms with Crippen LogP contribution in [0.4, 0.5) is 4.79 Å². The summed E-state index contributed by atoms with van der Waals surface area (Å²) in [5, 5.41) is 18.4. The van der Waals surface area contributed by atoms with E-state index < -0.39 is 34.9 Å². The Morgan fingerprint density at radius 2 is 1.90 bits per heavy atom. The summed E-state index contributed by atoms with van der Waals surface area (Å²) in [4.78, 5) is 30.7. The fourth-order valence-corrected chi connectivity index (χ4v) is 5.18. The molecule has 0 radical (unpaired) electrons. The highest BCUT2D eigenvalue weighted by molar-refractivity contribution is 5.89. The highest BCUT2D eigenvalue weighted by atomic mass is 16.6. The van der Waals surface area contributed by atoms with E-state index in [1.54, 1.807) is 25.8 Å². The lowest BCUT2D eigenvalue weighted by atomic mass is 9.66. The van der Waals surface area contributed by atoms with Crippen molar-refractivity contribution >= 4 is 22.9 Å². The number of hydrogen-bond acceptors (Lipinski definition) is 5. The summed E-state index contributed by atoms with van der Waals surface area (Å²) in [5.41, 5.74) is 0.222. The molecule has 2 aliphatic heterocycles. The van der Waals surface area contributed by atoms with Gasteiger partial charge in [0, 0.05) is 23.6 Å². The molecule has 3 atom stereocenters. The number of nitrogens with zero attached hydrogens (tertiary/aromatic N) is 1. The van der Waals surface area contributed by atoms with Gasteiger partial charge in [-0.25, -0.2) is 4.79 Å². The second kappa shape index (κ2) is 6.97. The molecule has 3 heterocycles. The molecule has 0 bridgehead atoms. The number of benzene rings is 1.